The van der Waals surface area contributed by atoms with Crippen LogP contribution in [0.5, 0.6) is 0 Å². The molecule has 1 aromatic rings. The molecule has 0 bridgehead atoms. The second kappa shape index (κ2) is 4.37. The Morgan fingerprint density at radius 3 is 2.80 bits per heavy atom. The van der Waals surface area contributed by atoms with Gasteiger partial charge in [-0.15, -0.1) is 0 Å². The lowest BCUT2D eigenvalue weighted by atomic mass is 10.2. The maximum Gasteiger partial charge on any atom is 0.147 e. The van der Waals surface area contributed by atoms with E-state index in [2.05, 4.69) is 5.32 Å². The van der Waals surface area contributed by atoms with Crippen molar-refractivity contribution in [2.45, 2.75) is 31.3 Å². The van der Waals surface area contributed by atoms with Crippen LogP contribution in [0.1, 0.15) is 19.3 Å². The molecule has 0 heterocycles. The van der Waals surface area contributed by atoms with Gasteiger partial charge in [-0.05, 0) is 37.5 Å². The van der Waals surface area contributed by atoms with Crippen molar-refractivity contribution in [2.24, 2.45) is 5.73 Å². The van der Waals surface area contributed by atoms with E-state index in [0.29, 0.717) is 10.7 Å². The molecule has 4 heteroatoms. The van der Waals surface area contributed by atoms with Crippen LogP contribution in [-0.4, -0.2) is 12.1 Å². The molecule has 3 N–H and O–H groups in total. The first-order valence-corrected chi connectivity index (χ1v) is 5.50. The number of nitrogens with two attached hydrogens (primary N) is 1. The zero-order valence-electron chi connectivity index (χ0n) is 8.34. The quantitative estimate of drug-likeness (QED) is 0.817. The van der Waals surface area contributed by atoms with E-state index in [-0.39, 0.29) is 17.9 Å². The van der Waals surface area contributed by atoms with Crippen LogP contribution in [0, 0.1) is 5.82 Å². The molecule has 2 nitrogen and oxygen atoms in total. The molecule has 2 atom stereocenters. The normalized spacial score (nSPS) is 25.5. The predicted octanol–water partition coefficient (Wildman–Crippen LogP) is 2.77. The number of nitrogens with one attached hydrogen (secondary N) is 1. The summed E-state index contributed by atoms with van der Waals surface area (Å²) in [5, 5.41) is 3.57. The number of rotatable bonds is 2. The molecule has 1 aromatic carbocycles. The SMILES string of the molecule is NC1CCC(Nc2ccc(Cl)cc2F)C1. The highest BCUT2D eigenvalue weighted by Gasteiger charge is 2.22. The van der Waals surface area contributed by atoms with Crippen molar-refractivity contribution in [2.75, 3.05) is 5.32 Å². The van der Waals surface area contributed by atoms with Gasteiger partial charge >= 0.3 is 0 Å². The Morgan fingerprint density at radius 2 is 2.20 bits per heavy atom. The largest absolute Gasteiger partial charge is 0.380 e. The first-order chi connectivity index (χ1) is 7.15. The van der Waals surface area contributed by atoms with Gasteiger partial charge in [-0.2, -0.15) is 0 Å². The molecule has 0 amide bonds. The maximum absolute atomic E-state index is 13.4. The van der Waals surface area contributed by atoms with E-state index in [4.69, 9.17) is 17.3 Å². The van der Waals surface area contributed by atoms with Gasteiger partial charge in [-0.3, -0.25) is 0 Å². The fourth-order valence-electron chi connectivity index (χ4n) is 1.97. The smallest absolute Gasteiger partial charge is 0.147 e. The molecule has 15 heavy (non-hydrogen) atoms. The van der Waals surface area contributed by atoms with Crippen molar-refractivity contribution in [3.63, 3.8) is 0 Å². The number of hydrogen-bond donors (Lipinski definition) is 2. The van der Waals surface area contributed by atoms with Crippen LogP contribution in [0.15, 0.2) is 18.2 Å². The van der Waals surface area contributed by atoms with Crippen LogP contribution in [0.25, 0.3) is 0 Å². The van der Waals surface area contributed by atoms with E-state index in [1.165, 1.54) is 6.07 Å². The zero-order chi connectivity index (χ0) is 10.8. The van der Waals surface area contributed by atoms with Crippen LogP contribution in [0.3, 0.4) is 0 Å². The van der Waals surface area contributed by atoms with E-state index in [1.807, 2.05) is 0 Å². The summed E-state index contributed by atoms with van der Waals surface area (Å²) in [4.78, 5) is 0. The van der Waals surface area contributed by atoms with Gasteiger partial charge < -0.3 is 11.1 Å². The highest BCUT2D eigenvalue weighted by atomic mass is 35.5. The lowest BCUT2D eigenvalue weighted by Crippen LogP contribution is -2.21. The molecular formula is C11H14ClFN2. The van der Waals surface area contributed by atoms with E-state index in [0.717, 1.165) is 19.3 Å². The topological polar surface area (TPSA) is 38.0 Å². The van der Waals surface area contributed by atoms with Gasteiger partial charge in [0, 0.05) is 17.1 Å². The summed E-state index contributed by atoms with van der Waals surface area (Å²) in [6, 6.07) is 5.20. The number of benzene rings is 1. The molecular weight excluding hydrogens is 215 g/mol. The monoisotopic (exact) mass is 228 g/mol. The van der Waals surface area contributed by atoms with Gasteiger partial charge in [0.1, 0.15) is 5.82 Å². The summed E-state index contributed by atoms with van der Waals surface area (Å²) in [6.07, 6.45) is 2.91. The van der Waals surface area contributed by atoms with Crippen molar-refractivity contribution in [1.29, 1.82) is 0 Å². The molecule has 2 unspecified atom stereocenters. The van der Waals surface area contributed by atoms with Crippen LogP contribution < -0.4 is 11.1 Å². The molecule has 2 rings (SSSR count). The third-order valence-electron chi connectivity index (χ3n) is 2.76. The van der Waals surface area contributed by atoms with Crippen molar-refractivity contribution in [3.8, 4) is 0 Å². The molecule has 0 radical (unpaired) electrons. The summed E-state index contributed by atoms with van der Waals surface area (Å²) in [5.74, 6) is -0.303. The molecule has 1 aliphatic rings. The molecule has 82 valence electrons. The van der Waals surface area contributed by atoms with Crippen molar-refractivity contribution < 1.29 is 4.39 Å². The van der Waals surface area contributed by atoms with E-state index >= 15 is 0 Å². The fraction of sp³-hybridized carbons (Fsp3) is 0.455. The Labute approximate surface area is 93.6 Å². The van der Waals surface area contributed by atoms with Crippen molar-refractivity contribution in [1.82, 2.24) is 0 Å². The Kier molecular flexibility index (Phi) is 3.12. The van der Waals surface area contributed by atoms with Crippen molar-refractivity contribution >= 4 is 17.3 Å². The number of anilines is 1. The molecule has 0 aliphatic heterocycles. The Bertz CT molecular complexity index is 356. The Morgan fingerprint density at radius 1 is 1.40 bits per heavy atom. The highest BCUT2D eigenvalue weighted by Crippen LogP contribution is 2.24. The molecule has 1 saturated carbocycles. The Balaban J connectivity index is 2.04. The van der Waals surface area contributed by atoms with Crippen molar-refractivity contribution in [3.05, 3.63) is 29.0 Å². The summed E-state index contributed by atoms with van der Waals surface area (Å²) in [6.45, 7) is 0. The third-order valence-corrected chi connectivity index (χ3v) is 3.00. The summed E-state index contributed by atoms with van der Waals surface area (Å²) in [7, 11) is 0. The minimum absolute atomic E-state index is 0.248. The van der Waals surface area contributed by atoms with Gasteiger partial charge in [0.25, 0.3) is 0 Å². The average molecular weight is 229 g/mol. The lowest BCUT2D eigenvalue weighted by Gasteiger charge is -2.14. The van der Waals surface area contributed by atoms with E-state index in [9.17, 15) is 4.39 Å². The maximum atomic E-state index is 13.4. The van der Waals surface area contributed by atoms with Crippen LogP contribution in [0.4, 0.5) is 10.1 Å². The molecule has 1 fully saturated rings. The minimum Gasteiger partial charge on any atom is -0.380 e. The standard InChI is InChI=1S/C11H14ClFN2/c12-7-1-4-11(10(13)5-7)15-9-3-2-8(14)6-9/h1,4-5,8-9,15H,2-3,6,14H2. The molecule has 1 aliphatic carbocycles. The first kappa shape index (κ1) is 10.7. The van der Waals surface area contributed by atoms with Crippen LogP contribution in [0.2, 0.25) is 5.02 Å². The van der Waals surface area contributed by atoms with Gasteiger partial charge in [0.05, 0.1) is 5.69 Å². The Hall–Kier alpha value is -0.800. The zero-order valence-corrected chi connectivity index (χ0v) is 9.10. The van der Waals surface area contributed by atoms with E-state index < -0.39 is 0 Å². The predicted molar refractivity (Wildman–Crippen MR) is 60.6 cm³/mol. The molecule has 0 saturated heterocycles. The molecule has 0 aromatic heterocycles. The van der Waals surface area contributed by atoms with Gasteiger partial charge in [0.2, 0.25) is 0 Å². The summed E-state index contributed by atoms with van der Waals surface area (Å²) in [5.41, 5.74) is 6.30. The minimum atomic E-state index is -0.303. The summed E-state index contributed by atoms with van der Waals surface area (Å²) >= 11 is 5.67. The second-order valence-corrected chi connectivity index (χ2v) is 4.47. The number of halogens is 2. The third kappa shape index (κ3) is 2.61. The van der Waals surface area contributed by atoms with Crippen LogP contribution in [-0.2, 0) is 0 Å². The van der Waals surface area contributed by atoms with Gasteiger partial charge in [0.15, 0.2) is 0 Å². The lowest BCUT2D eigenvalue weighted by molar-refractivity contribution is 0.622. The second-order valence-electron chi connectivity index (χ2n) is 4.04. The van der Waals surface area contributed by atoms with E-state index in [1.54, 1.807) is 12.1 Å². The van der Waals surface area contributed by atoms with Gasteiger partial charge in [-0.25, -0.2) is 4.39 Å². The highest BCUT2D eigenvalue weighted by molar-refractivity contribution is 6.30. The number of hydrogen-bond acceptors (Lipinski definition) is 2. The molecule has 0 spiro atoms. The van der Waals surface area contributed by atoms with Gasteiger partial charge in [-0.1, -0.05) is 11.6 Å². The summed E-state index contributed by atoms with van der Waals surface area (Å²) < 4.78 is 13.4. The fourth-order valence-corrected chi connectivity index (χ4v) is 2.13. The van der Waals surface area contributed by atoms with Crippen LogP contribution >= 0.6 is 11.6 Å². The first-order valence-electron chi connectivity index (χ1n) is 5.12. The average Bonchev–Trinajstić information content (AvgIpc) is 2.56.